The predicted octanol–water partition coefficient (Wildman–Crippen LogP) is 3.37. The summed E-state index contributed by atoms with van der Waals surface area (Å²) in [5.41, 5.74) is 0.923. The van der Waals surface area contributed by atoms with Crippen LogP contribution in [0.15, 0.2) is 46.9 Å². The van der Waals surface area contributed by atoms with Crippen molar-refractivity contribution in [2.24, 2.45) is 0 Å². The van der Waals surface area contributed by atoms with Crippen LogP contribution in [0.2, 0.25) is 5.02 Å². The number of hydrogen-bond donors (Lipinski definition) is 1. The zero-order chi connectivity index (χ0) is 17.4. The topological polar surface area (TPSA) is 68.5 Å². The lowest BCUT2D eigenvalue weighted by Gasteiger charge is -2.02. The highest BCUT2D eigenvalue weighted by molar-refractivity contribution is 6.30. The second-order valence-corrected chi connectivity index (χ2v) is 5.50. The molecule has 5 nitrogen and oxygen atoms in total. The van der Waals surface area contributed by atoms with Crippen LogP contribution >= 0.6 is 11.6 Å². The molecule has 0 unspecified atom stereocenters. The number of rotatable bonds is 7. The maximum atomic E-state index is 11.8. The van der Waals surface area contributed by atoms with Gasteiger partial charge in [0.15, 0.2) is 0 Å². The lowest BCUT2D eigenvalue weighted by molar-refractivity contribution is -0.140. The Hall–Kier alpha value is -2.53. The Balaban J connectivity index is 1.81. The number of nitrogens with one attached hydrogen (secondary N) is 1. The number of methoxy groups -OCH3 is 1. The number of aryl methyl sites for hydroxylation is 1. The Morgan fingerprint density at radius 3 is 2.88 bits per heavy atom. The van der Waals surface area contributed by atoms with Gasteiger partial charge in [-0.1, -0.05) is 23.7 Å². The first-order valence-electron chi connectivity index (χ1n) is 7.42. The molecule has 1 aromatic carbocycles. The molecule has 1 heterocycles. The molecule has 24 heavy (non-hydrogen) atoms. The van der Waals surface area contributed by atoms with Crippen LogP contribution in [0.4, 0.5) is 0 Å². The van der Waals surface area contributed by atoms with Crippen LogP contribution in [0, 0.1) is 0 Å². The molecule has 2 rings (SSSR count). The summed E-state index contributed by atoms with van der Waals surface area (Å²) in [5.74, 6) is 0.693. The first-order valence-corrected chi connectivity index (χ1v) is 7.80. The summed E-state index contributed by atoms with van der Waals surface area (Å²) in [4.78, 5) is 22.9. The number of carbonyl (C=O) groups is 2. The van der Waals surface area contributed by atoms with Crippen molar-refractivity contribution in [1.29, 1.82) is 0 Å². The highest BCUT2D eigenvalue weighted by Gasteiger charge is 2.05. The van der Waals surface area contributed by atoms with Gasteiger partial charge in [-0.05, 0) is 35.9 Å². The molecule has 0 radical (unpaired) electrons. The Morgan fingerprint density at radius 2 is 2.12 bits per heavy atom. The minimum atomic E-state index is -0.288. The fourth-order valence-corrected chi connectivity index (χ4v) is 2.21. The fraction of sp³-hybridized carbons (Fsp3) is 0.222. The quantitative estimate of drug-likeness (QED) is 0.616. The predicted molar refractivity (Wildman–Crippen MR) is 91.4 cm³/mol. The maximum Gasteiger partial charge on any atom is 0.305 e. The highest BCUT2D eigenvalue weighted by atomic mass is 35.5. The van der Waals surface area contributed by atoms with E-state index < -0.39 is 0 Å². The number of amides is 1. The normalized spacial score (nSPS) is 10.8. The van der Waals surface area contributed by atoms with E-state index in [-0.39, 0.29) is 18.3 Å². The molecule has 1 amide bonds. The summed E-state index contributed by atoms with van der Waals surface area (Å²) in [7, 11) is 1.35. The molecule has 126 valence electrons. The molecule has 0 aliphatic heterocycles. The van der Waals surface area contributed by atoms with Crippen molar-refractivity contribution < 1.29 is 18.7 Å². The van der Waals surface area contributed by atoms with Crippen LogP contribution in [0.5, 0.6) is 0 Å². The number of esters is 1. The fourth-order valence-electron chi connectivity index (χ4n) is 2.00. The summed E-state index contributed by atoms with van der Waals surface area (Å²) in [6.07, 6.45) is 3.69. The molecule has 0 saturated carbocycles. The van der Waals surface area contributed by atoms with Crippen molar-refractivity contribution in [3.63, 3.8) is 0 Å². The minimum Gasteiger partial charge on any atom is -0.469 e. The van der Waals surface area contributed by atoms with E-state index >= 15 is 0 Å². The summed E-state index contributed by atoms with van der Waals surface area (Å²) in [6.45, 7) is 0.395. The Bertz CT molecular complexity index is 736. The van der Waals surface area contributed by atoms with E-state index in [1.54, 1.807) is 30.3 Å². The van der Waals surface area contributed by atoms with Gasteiger partial charge in [0.1, 0.15) is 11.5 Å². The first kappa shape index (κ1) is 17.8. The van der Waals surface area contributed by atoms with Crippen LogP contribution < -0.4 is 5.32 Å². The lowest BCUT2D eigenvalue weighted by atomic mass is 10.2. The molecule has 0 aliphatic carbocycles. The van der Waals surface area contributed by atoms with Crippen LogP contribution in [0.1, 0.15) is 23.5 Å². The SMILES string of the molecule is COC(=O)CCc1ccc(/C=C/C(=O)NCc2cccc(Cl)c2)o1. The van der Waals surface area contributed by atoms with Crippen molar-refractivity contribution in [1.82, 2.24) is 5.32 Å². The van der Waals surface area contributed by atoms with Crippen molar-refractivity contribution in [2.75, 3.05) is 7.11 Å². The lowest BCUT2D eigenvalue weighted by Crippen LogP contribution is -2.20. The largest absolute Gasteiger partial charge is 0.469 e. The van der Waals surface area contributed by atoms with Crippen LogP contribution in [0.25, 0.3) is 6.08 Å². The van der Waals surface area contributed by atoms with Gasteiger partial charge in [-0.15, -0.1) is 0 Å². The highest BCUT2D eigenvalue weighted by Crippen LogP contribution is 2.12. The van der Waals surface area contributed by atoms with Gasteiger partial charge in [0.25, 0.3) is 0 Å². The zero-order valence-electron chi connectivity index (χ0n) is 13.3. The van der Waals surface area contributed by atoms with Gasteiger partial charge in [-0.2, -0.15) is 0 Å². The van der Waals surface area contributed by atoms with Crippen LogP contribution in [0.3, 0.4) is 0 Å². The molecule has 0 spiro atoms. The number of halogens is 1. The van der Waals surface area contributed by atoms with Gasteiger partial charge in [0.05, 0.1) is 13.5 Å². The van der Waals surface area contributed by atoms with Gasteiger partial charge in [-0.3, -0.25) is 9.59 Å². The van der Waals surface area contributed by atoms with Crippen LogP contribution in [-0.4, -0.2) is 19.0 Å². The molecule has 0 aliphatic rings. The molecule has 6 heteroatoms. The van der Waals surface area contributed by atoms with Gasteiger partial charge in [0.2, 0.25) is 5.91 Å². The first-order chi connectivity index (χ1) is 11.6. The minimum absolute atomic E-state index is 0.234. The van der Waals surface area contributed by atoms with Crippen LogP contribution in [-0.2, 0) is 27.3 Å². The average Bonchev–Trinajstić information content (AvgIpc) is 3.04. The second-order valence-electron chi connectivity index (χ2n) is 5.06. The molecular weight excluding hydrogens is 330 g/mol. The second kappa shape index (κ2) is 8.93. The van der Waals surface area contributed by atoms with E-state index in [1.165, 1.54) is 13.2 Å². The monoisotopic (exact) mass is 347 g/mol. The van der Waals surface area contributed by atoms with E-state index in [4.69, 9.17) is 16.0 Å². The van der Waals surface area contributed by atoms with Crippen molar-refractivity contribution in [3.8, 4) is 0 Å². The van der Waals surface area contributed by atoms with E-state index in [2.05, 4.69) is 10.1 Å². The molecule has 0 fully saturated rings. The Labute approximate surface area is 145 Å². The molecule has 0 bridgehead atoms. The van der Waals surface area contributed by atoms with Gasteiger partial charge in [-0.25, -0.2) is 0 Å². The molecule has 0 saturated heterocycles. The van der Waals surface area contributed by atoms with E-state index in [1.807, 2.05) is 12.1 Å². The summed E-state index contributed by atoms with van der Waals surface area (Å²) < 4.78 is 10.1. The molecule has 0 atom stereocenters. The summed E-state index contributed by atoms with van der Waals surface area (Å²) in [5, 5.41) is 3.40. The van der Waals surface area contributed by atoms with Crippen molar-refractivity contribution in [2.45, 2.75) is 19.4 Å². The zero-order valence-corrected chi connectivity index (χ0v) is 14.0. The number of furan rings is 1. The number of carbonyl (C=O) groups excluding carboxylic acids is 2. The van der Waals surface area contributed by atoms with Gasteiger partial charge >= 0.3 is 5.97 Å². The molecular formula is C18H18ClNO4. The van der Waals surface area contributed by atoms with E-state index in [0.717, 1.165) is 5.56 Å². The van der Waals surface area contributed by atoms with Crippen molar-refractivity contribution >= 4 is 29.6 Å². The number of hydrogen-bond acceptors (Lipinski definition) is 4. The Kier molecular flexibility index (Phi) is 6.63. The molecule has 1 N–H and O–H groups in total. The number of benzene rings is 1. The molecule has 2 aromatic rings. The number of ether oxygens (including phenoxy) is 1. The third kappa shape index (κ3) is 5.93. The van der Waals surface area contributed by atoms with Crippen molar-refractivity contribution in [3.05, 3.63) is 64.6 Å². The van der Waals surface area contributed by atoms with Gasteiger partial charge < -0.3 is 14.5 Å². The average molecular weight is 348 g/mol. The standard InChI is InChI=1S/C18H18ClNO4/c1-23-18(22)10-8-16-6-5-15(24-16)7-9-17(21)20-12-13-3-2-4-14(19)11-13/h2-7,9,11H,8,10,12H2,1H3,(H,20,21)/b9-7+. The summed E-state index contributed by atoms with van der Waals surface area (Å²) >= 11 is 5.89. The third-order valence-electron chi connectivity index (χ3n) is 3.24. The molecule has 1 aromatic heterocycles. The smallest absolute Gasteiger partial charge is 0.305 e. The Morgan fingerprint density at radius 1 is 1.29 bits per heavy atom. The maximum absolute atomic E-state index is 11.8. The van der Waals surface area contributed by atoms with E-state index in [0.29, 0.717) is 29.5 Å². The summed E-state index contributed by atoms with van der Waals surface area (Å²) in [6, 6.07) is 10.8. The third-order valence-corrected chi connectivity index (χ3v) is 3.48. The van der Waals surface area contributed by atoms with Gasteiger partial charge in [0, 0.05) is 24.1 Å². The van der Waals surface area contributed by atoms with E-state index in [9.17, 15) is 9.59 Å².